The van der Waals surface area contributed by atoms with Crippen molar-refractivity contribution in [2.75, 3.05) is 5.73 Å². The van der Waals surface area contributed by atoms with Crippen LogP contribution in [-0.2, 0) is 10.4 Å². The van der Waals surface area contributed by atoms with Gasteiger partial charge in [-0.05, 0) is 15.9 Å². The summed E-state index contributed by atoms with van der Waals surface area (Å²) in [6.45, 7) is 0. The third kappa shape index (κ3) is 7.05. The normalized spacial score (nSPS) is 10.2. The number of nitro groups is 1. The van der Waals surface area contributed by atoms with Crippen molar-refractivity contribution in [3.63, 3.8) is 0 Å². The predicted molar refractivity (Wildman–Crippen MR) is 57.2 cm³/mol. The van der Waals surface area contributed by atoms with Gasteiger partial charge in [-0.15, -0.1) is 0 Å². The molecule has 16 heavy (non-hydrogen) atoms. The molecule has 0 saturated carbocycles. The van der Waals surface area contributed by atoms with Crippen LogP contribution in [0.25, 0.3) is 0 Å². The lowest BCUT2D eigenvalue weighted by atomic mass is 10.4. The number of rotatable bonds is 1. The highest BCUT2D eigenvalue weighted by Gasteiger charge is 2.11. The van der Waals surface area contributed by atoms with E-state index < -0.39 is 15.3 Å². The average Bonchev–Trinajstić information content (AvgIpc) is 2.06. The molecule has 0 fully saturated rings. The molecule has 0 radical (unpaired) electrons. The molecule has 4 N–H and O–H groups in total. The summed E-state index contributed by atoms with van der Waals surface area (Å²) in [5.41, 5.74) is 5.04. The lowest BCUT2D eigenvalue weighted by Gasteiger charge is -1.94. The molecule has 1 aromatic rings. The second-order valence-corrected chi connectivity index (χ2v) is 4.07. The minimum Gasteiger partial charge on any atom is -0.378 e. The molecule has 90 valence electrons. The molecule has 0 amide bonds. The number of nitrogen functional groups attached to an aromatic ring is 1. The zero-order chi connectivity index (χ0) is 12.9. The molecule has 9 nitrogen and oxygen atoms in total. The van der Waals surface area contributed by atoms with E-state index in [2.05, 4.69) is 20.9 Å². The highest BCUT2D eigenvalue weighted by Crippen LogP contribution is 2.22. The number of hydrogen-bond donors (Lipinski definition) is 3. The largest absolute Gasteiger partial charge is 0.394 e. The van der Waals surface area contributed by atoms with E-state index in [9.17, 15) is 10.1 Å². The first kappa shape index (κ1) is 14.7. The van der Waals surface area contributed by atoms with E-state index in [4.69, 9.17) is 23.3 Å². The minimum atomic E-state index is -4.67. The number of pyridine rings is 1. The molecule has 1 rings (SSSR count). The van der Waals surface area contributed by atoms with E-state index in [-0.39, 0.29) is 11.5 Å². The predicted octanol–water partition coefficient (Wildman–Crippen LogP) is 0.682. The first-order chi connectivity index (χ1) is 7.11. The van der Waals surface area contributed by atoms with Crippen molar-refractivity contribution in [1.29, 1.82) is 0 Å². The highest BCUT2D eigenvalue weighted by atomic mass is 79.9. The summed E-state index contributed by atoms with van der Waals surface area (Å²) in [6.07, 6.45) is 1.41. The van der Waals surface area contributed by atoms with E-state index in [1.165, 1.54) is 12.3 Å². The molecular weight excluding hydrogens is 310 g/mol. The lowest BCUT2D eigenvalue weighted by molar-refractivity contribution is -0.384. The van der Waals surface area contributed by atoms with Gasteiger partial charge in [0, 0.05) is 16.7 Å². The van der Waals surface area contributed by atoms with Crippen molar-refractivity contribution in [3.05, 3.63) is 26.9 Å². The fraction of sp³-hybridized carbons (Fsp3) is 0. The van der Waals surface area contributed by atoms with E-state index in [1.54, 1.807) is 0 Å². The maximum atomic E-state index is 10.2. The van der Waals surface area contributed by atoms with Crippen LogP contribution in [0.2, 0.25) is 0 Å². The smallest absolute Gasteiger partial charge is 0.378 e. The second kappa shape index (κ2) is 5.69. The van der Waals surface area contributed by atoms with Crippen LogP contribution < -0.4 is 5.73 Å². The Labute approximate surface area is 98.1 Å². The van der Waals surface area contributed by atoms with Crippen molar-refractivity contribution < 1.29 is 22.4 Å². The van der Waals surface area contributed by atoms with Crippen LogP contribution in [0.4, 0.5) is 11.5 Å². The van der Waals surface area contributed by atoms with Gasteiger partial charge in [-0.2, -0.15) is 8.42 Å². The Hall–Kier alpha value is -1.30. The van der Waals surface area contributed by atoms with Gasteiger partial charge >= 0.3 is 16.1 Å². The van der Waals surface area contributed by atoms with Gasteiger partial charge in [-0.3, -0.25) is 19.2 Å². The van der Waals surface area contributed by atoms with Crippen LogP contribution >= 0.6 is 15.9 Å². The zero-order valence-corrected chi connectivity index (χ0v) is 9.84. The van der Waals surface area contributed by atoms with Crippen molar-refractivity contribution in [1.82, 2.24) is 4.98 Å². The Morgan fingerprint density at radius 3 is 2.25 bits per heavy atom. The van der Waals surface area contributed by atoms with E-state index in [0.29, 0.717) is 4.47 Å². The van der Waals surface area contributed by atoms with Gasteiger partial charge < -0.3 is 5.73 Å². The minimum absolute atomic E-state index is 0.0711. The molecule has 0 bridgehead atoms. The Morgan fingerprint density at radius 1 is 1.50 bits per heavy atom. The molecule has 0 aliphatic carbocycles. The third-order valence-electron chi connectivity index (χ3n) is 1.06. The molecule has 11 heteroatoms. The highest BCUT2D eigenvalue weighted by molar-refractivity contribution is 9.10. The molecule has 1 aromatic heterocycles. The standard InChI is InChI=1S/C5H4BrN3O2.H2O4S/c6-3-1-4(9(10)11)5(7)8-2-3;1-5(2,3)4/h1-2H,(H2,7,8);(H2,1,2,3,4). The van der Waals surface area contributed by atoms with Crippen LogP contribution in [0.1, 0.15) is 0 Å². The number of aromatic nitrogens is 1. The third-order valence-corrected chi connectivity index (χ3v) is 1.49. The number of nitrogens with zero attached hydrogens (tertiary/aromatic N) is 2. The number of hydrogen-bond acceptors (Lipinski definition) is 6. The first-order valence-corrected chi connectivity index (χ1v) is 5.55. The van der Waals surface area contributed by atoms with E-state index >= 15 is 0 Å². The molecule has 0 unspecified atom stereocenters. The summed E-state index contributed by atoms with van der Waals surface area (Å²) in [5, 5.41) is 10.2. The second-order valence-electron chi connectivity index (χ2n) is 2.26. The van der Waals surface area contributed by atoms with Crippen LogP contribution in [0.5, 0.6) is 0 Å². The summed E-state index contributed by atoms with van der Waals surface area (Å²) in [5.74, 6) is -0.0711. The van der Waals surface area contributed by atoms with Crippen LogP contribution in [0, 0.1) is 10.1 Å². The van der Waals surface area contributed by atoms with Gasteiger partial charge in [0.15, 0.2) is 0 Å². The maximum absolute atomic E-state index is 10.2. The van der Waals surface area contributed by atoms with Gasteiger partial charge in [0.2, 0.25) is 5.82 Å². The Kier molecular flexibility index (Phi) is 5.23. The Balaban J connectivity index is 0.000000385. The molecule has 0 atom stereocenters. The van der Waals surface area contributed by atoms with Gasteiger partial charge in [-0.25, -0.2) is 4.98 Å². The van der Waals surface area contributed by atoms with Crippen molar-refractivity contribution in [3.8, 4) is 0 Å². The summed E-state index contributed by atoms with van der Waals surface area (Å²) in [6, 6.07) is 1.31. The topological polar surface area (TPSA) is 157 Å². The van der Waals surface area contributed by atoms with Crippen molar-refractivity contribution in [2.24, 2.45) is 0 Å². The van der Waals surface area contributed by atoms with Crippen LogP contribution in [0.15, 0.2) is 16.7 Å². The summed E-state index contributed by atoms with van der Waals surface area (Å²) in [4.78, 5) is 13.3. The number of anilines is 1. The molecule has 0 saturated heterocycles. The average molecular weight is 316 g/mol. The first-order valence-electron chi connectivity index (χ1n) is 3.36. The molecule has 0 spiro atoms. The SMILES string of the molecule is Nc1ncc(Br)cc1[N+](=O)[O-].O=S(=O)(O)O. The fourth-order valence-corrected chi connectivity index (χ4v) is 0.905. The Morgan fingerprint density at radius 2 is 1.94 bits per heavy atom. The fourth-order valence-electron chi connectivity index (χ4n) is 0.585. The lowest BCUT2D eigenvalue weighted by Crippen LogP contribution is -1.97. The van der Waals surface area contributed by atoms with Gasteiger partial charge in [0.25, 0.3) is 0 Å². The monoisotopic (exact) mass is 315 g/mol. The van der Waals surface area contributed by atoms with Gasteiger partial charge in [-0.1, -0.05) is 0 Å². The number of nitrogens with two attached hydrogens (primary N) is 1. The van der Waals surface area contributed by atoms with E-state index in [1.807, 2.05) is 0 Å². The van der Waals surface area contributed by atoms with Gasteiger partial charge in [0.05, 0.1) is 4.92 Å². The Bertz CT molecular complexity index is 481. The van der Waals surface area contributed by atoms with Crippen molar-refractivity contribution >= 4 is 37.8 Å². The van der Waals surface area contributed by atoms with Gasteiger partial charge in [0.1, 0.15) is 0 Å². The summed E-state index contributed by atoms with van der Waals surface area (Å²) >= 11 is 3.04. The molecule has 0 aliphatic heterocycles. The molecule has 0 aliphatic rings. The number of halogens is 1. The van der Waals surface area contributed by atoms with Crippen molar-refractivity contribution in [2.45, 2.75) is 0 Å². The van der Waals surface area contributed by atoms with Crippen LogP contribution in [-0.4, -0.2) is 27.4 Å². The summed E-state index contributed by atoms with van der Waals surface area (Å²) in [7, 11) is -4.67. The zero-order valence-electron chi connectivity index (χ0n) is 7.44. The maximum Gasteiger partial charge on any atom is 0.394 e. The molecular formula is C5H6BrN3O6S. The quantitative estimate of drug-likeness (QED) is 0.388. The molecule has 0 aromatic carbocycles. The summed E-state index contributed by atoms with van der Waals surface area (Å²) < 4.78 is 32.1. The van der Waals surface area contributed by atoms with E-state index in [0.717, 1.165) is 0 Å². The van der Waals surface area contributed by atoms with Crippen LogP contribution in [0.3, 0.4) is 0 Å². The molecule has 1 heterocycles.